The highest BCUT2D eigenvalue weighted by molar-refractivity contribution is 5.34. The second-order valence-corrected chi connectivity index (χ2v) is 4.22. The molecule has 3 atom stereocenters. The molecule has 0 bridgehead atoms. The minimum absolute atomic E-state index is 0.482. The Morgan fingerprint density at radius 2 is 2.09 bits per heavy atom. The number of allylic oxidation sites excluding steroid dienone is 1. The highest BCUT2D eigenvalue weighted by Crippen LogP contribution is 2.62. The molecule has 0 N–H and O–H groups in total. The van der Waals surface area contributed by atoms with E-state index in [1.54, 1.807) is 0 Å². The van der Waals surface area contributed by atoms with Crippen LogP contribution in [0.2, 0.25) is 0 Å². The first kappa shape index (κ1) is 8.83. The average molecular weight is 152 g/mol. The van der Waals surface area contributed by atoms with Gasteiger partial charge >= 0.3 is 0 Å². The molecule has 0 amide bonds. The molecular formula is C11H20. The third kappa shape index (κ3) is 1.13. The Morgan fingerprint density at radius 3 is 2.36 bits per heavy atom. The van der Waals surface area contributed by atoms with Gasteiger partial charge in [0.25, 0.3) is 0 Å². The predicted molar refractivity (Wildman–Crippen MR) is 50.5 cm³/mol. The lowest BCUT2D eigenvalue weighted by Gasteiger charge is -2.18. The van der Waals surface area contributed by atoms with Gasteiger partial charge in [-0.3, -0.25) is 0 Å². The van der Waals surface area contributed by atoms with Crippen molar-refractivity contribution in [1.29, 1.82) is 0 Å². The number of hydrogen-bond acceptors (Lipinski definition) is 0. The van der Waals surface area contributed by atoms with Gasteiger partial charge in [0, 0.05) is 0 Å². The molecule has 0 spiro atoms. The van der Waals surface area contributed by atoms with E-state index in [-0.39, 0.29) is 0 Å². The number of hydrogen-bond donors (Lipinski definition) is 0. The standard InChI is InChI=1S/C11H20/c1-6-7-8(2)11(5)9(3)10(11)4/h8,10H,3,6-7H2,1-2,4-5H3. The van der Waals surface area contributed by atoms with Crippen LogP contribution in [0.1, 0.15) is 40.5 Å². The van der Waals surface area contributed by atoms with Crippen LogP contribution in [-0.4, -0.2) is 0 Å². The van der Waals surface area contributed by atoms with Gasteiger partial charge in [-0.15, -0.1) is 0 Å². The first-order valence-corrected chi connectivity index (χ1v) is 4.74. The van der Waals surface area contributed by atoms with Crippen LogP contribution in [0.5, 0.6) is 0 Å². The highest BCUT2D eigenvalue weighted by atomic mass is 14.6. The van der Waals surface area contributed by atoms with Gasteiger partial charge in [-0.25, -0.2) is 0 Å². The fourth-order valence-corrected chi connectivity index (χ4v) is 2.22. The van der Waals surface area contributed by atoms with Crippen molar-refractivity contribution in [2.45, 2.75) is 40.5 Å². The van der Waals surface area contributed by atoms with Gasteiger partial charge in [-0.05, 0) is 17.3 Å². The van der Waals surface area contributed by atoms with Crippen LogP contribution in [-0.2, 0) is 0 Å². The Labute approximate surface area is 70.7 Å². The van der Waals surface area contributed by atoms with E-state index in [1.807, 2.05) is 0 Å². The zero-order valence-corrected chi connectivity index (χ0v) is 8.28. The molecule has 0 saturated heterocycles. The van der Waals surface area contributed by atoms with Crippen LogP contribution in [0.15, 0.2) is 12.2 Å². The van der Waals surface area contributed by atoms with Crippen molar-refractivity contribution >= 4 is 0 Å². The van der Waals surface area contributed by atoms with Gasteiger partial charge < -0.3 is 0 Å². The molecule has 3 unspecified atom stereocenters. The van der Waals surface area contributed by atoms with Gasteiger partial charge in [0.1, 0.15) is 0 Å². The van der Waals surface area contributed by atoms with Crippen LogP contribution in [0, 0.1) is 17.3 Å². The van der Waals surface area contributed by atoms with E-state index in [0.717, 1.165) is 11.8 Å². The molecule has 1 aliphatic rings. The van der Waals surface area contributed by atoms with E-state index < -0.39 is 0 Å². The normalized spacial score (nSPS) is 38.9. The molecule has 1 saturated carbocycles. The molecule has 64 valence electrons. The van der Waals surface area contributed by atoms with E-state index in [9.17, 15) is 0 Å². The predicted octanol–water partition coefficient (Wildman–Crippen LogP) is 3.63. The maximum atomic E-state index is 4.10. The summed E-state index contributed by atoms with van der Waals surface area (Å²) >= 11 is 0. The van der Waals surface area contributed by atoms with Crippen molar-refractivity contribution in [3.8, 4) is 0 Å². The second-order valence-electron chi connectivity index (χ2n) is 4.22. The summed E-state index contributed by atoms with van der Waals surface area (Å²) in [6.45, 7) is 13.4. The lowest BCUT2D eigenvalue weighted by molar-refractivity contribution is 0.326. The lowest BCUT2D eigenvalue weighted by Crippen LogP contribution is -2.10. The molecule has 0 heterocycles. The monoisotopic (exact) mass is 152 g/mol. The molecule has 0 aliphatic heterocycles. The zero-order chi connectivity index (χ0) is 8.65. The van der Waals surface area contributed by atoms with Gasteiger partial charge in [0.2, 0.25) is 0 Å². The summed E-state index contributed by atoms with van der Waals surface area (Å²) in [5.74, 6) is 1.60. The Bertz CT molecular complexity index is 169. The Hall–Kier alpha value is -0.260. The van der Waals surface area contributed by atoms with E-state index in [0.29, 0.717) is 5.41 Å². The molecule has 0 heteroatoms. The molecule has 0 nitrogen and oxygen atoms in total. The third-order valence-corrected chi connectivity index (χ3v) is 3.78. The zero-order valence-electron chi connectivity index (χ0n) is 8.28. The third-order valence-electron chi connectivity index (χ3n) is 3.78. The minimum atomic E-state index is 0.482. The number of rotatable bonds is 3. The molecule has 0 aromatic rings. The van der Waals surface area contributed by atoms with E-state index in [1.165, 1.54) is 18.4 Å². The molecular weight excluding hydrogens is 132 g/mol. The largest absolute Gasteiger partial charge is 0.0990 e. The molecule has 1 rings (SSSR count). The summed E-state index contributed by atoms with van der Waals surface area (Å²) < 4.78 is 0. The van der Waals surface area contributed by atoms with E-state index in [2.05, 4.69) is 34.3 Å². The first-order valence-electron chi connectivity index (χ1n) is 4.74. The first-order chi connectivity index (χ1) is 5.05. The van der Waals surface area contributed by atoms with Crippen LogP contribution in [0.3, 0.4) is 0 Å². The summed E-state index contributed by atoms with van der Waals surface area (Å²) in [6.07, 6.45) is 2.65. The fourth-order valence-electron chi connectivity index (χ4n) is 2.22. The van der Waals surface area contributed by atoms with Crippen molar-refractivity contribution in [3.63, 3.8) is 0 Å². The Morgan fingerprint density at radius 1 is 1.64 bits per heavy atom. The smallest absolute Gasteiger partial charge is 0.00276 e. The lowest BCUT2D eigenvalue weighted by atomic mass is 9.86. The maximum absolute atomic E-state index is 4.10. The minimum Gasteiger partial charge on any atom is -0.0990 e. The molecule has 1 fully saturated rings. The fraction of sp³-hybridized carbons (Fsp3) is 0.818. The molecule has 0 aromatic carbocycles. The van der Waals surface area contributed by atoms with E-state index >= 15 is 0 Å². The van der Waals surface area contributed by atoms with Gasteiger partial charge in [0.15, 0.2) is 0 Å². The molecule has 0 radical (unpaired) electrons. The summed E-state index contributed by atoms with van der Waals surface area (Å²) in [5, 5.41) is 0. The maximum Gasteiger partial charge on any atom is -0.00276 e. The van der Waals surface area contributed by atoms with Crippen molar-refractivity contribution in [3.05, 3.63) is 12.2 Å². The van der Waals surface area contributed by atoms with Crippen LogP contribution in [0.4, 0.5) is 0 Å². The topological polar surface area (TPSA) is 0 Å². The van der Waals surface area contributed by atoms with Crippen molar-refractivity contribution < 1.29 is 0 Å². The Kier molecular flexibility index (Phi) is 2.13. The van der Waals surface area contributed by atoms with Crippen LogP contribution >= 0.6 is 0 Å². The van der Waals surface area contributed by atoms with Crippen LogP contribution in [0.25, 0.3) is 0 Å². The quantitative estimate of drug-likeness (QED) is 0.542. The van der Waals surface area contributed by atoms with Gasteiger partial charge in [-0.1, -0.05) is 52.7 Å². The average Bonchev–Trinajstić information content (AvgIpc) is 2.43. The van der Waals surface area contributed by atoms with Crippen LogP contribution < -0.4 is 0 Å². The van der Waals surface area contributed by atoms with Crippen molar-refractivity contribution in [2.24, 2.45) is 17.3 Å². The molecule has 11 heavy (non-hydrogen) atoms. The SMILES string of the molecule is C=C1C(C)C1(C)C(C)CCC. The second kappa shape index (κ2) is 2.66. The Balaban J connectivity index is 2.55. The van der Waals surface area contributed by atoms with Crippen molar-refractivity contribution in [1.82, 2.24) is 0 Å². The summed E-state index contributed by atoms with van der Waals surface area (Å²) in [4.78, 5) is 0. The molecule has 0 aromatic heterocycles. The van der Waals surface area contributed by atoms with Crippen molar-refractivity contribution in [2.75, 3.05) is 0 Å². The highest BCUT2D eigenvalue weighted by Gasteiger charge is 2.54. The summed E-state index contributed by atoms with van der Waals surface area (Å²) in [5.41, 5.74) is 1.95. The van der Waals surface area contributed by atoms with E-state index in [4.69, 9.17) is 0 Å². The summed E-state index contributed by atoms with van der Waals surface area (Å²) in [6, 6.07) is 0. The molecule has 1 aliphatic carbocycles. The van der Waals surface area contributed by atoms with Gasteiger partial charge in [0.05, 0.1) is 0 Å². The summed E-state index contributed by atoms with van der Waals surface area (Å²) in [7, 11) is 0. The van der Waals surface area contributed by atoms with Gasteiger partial charge in [-0.2, -0.15) is 0 Å².